The minimum atomic E-state index is -0.171. The molecule has 0 unspecified atom stereocenters. The van der Waals surface area contributed by atoms with Gasteiger partial charge in [-0.2, -0.15) is 0 Å². The summed E-state index contributed by atoms with van der Waals surface area (Å²) < 4.78 is 0. The standard InChI is InChI=1S/C6H9N3O/c1-3-8-5-9(4-2)7-6(8)10/h3-4H,1-2,5H2,(H,7,10). The van der Waals surface area contributed by atoms with Crippen molar-refractivity contribution in [1.82, 2.24) is 15.3 Å². The Kier molecular flexibility index (Phi) is 1.62. The van der Waals surface area contributed by atoms with Crippen LogP contribution in [0, 0.1) is 0 Å². The average molecular weight is 139 g/mol. The van der Waals surface area contributed by atoms with Gasteiger partial charge in [0, 0.05) is 12.4 Å². The third kappa shape index (κ3) is 0.953. The molecule has 1 fully saturated rings. The van der Waals surface area contributed by atoms with E-state index in [0.29, 0.717) is 6.67 Å². The van der Waals surface area contributed by atoms with Crippen molar-refractivity contribution >= 4 is 6.03 Å². The Hall–Kier alpha value is -1.45. The Balaban J connectivity index is 2.60. The molecule has 1 N–H and O–H groups in total. The normalized spacial score (nSPS) is 17.0. The number of carbonyl (C=O) groups is 1. The monoisotopic (exact) mass is 139 g/mol. The van der Waals surface area contributed by atoms with Crippen LogP contribution in [0.25, 0.3) is 0 Å². The number of urea groups is 1. The van der Waals surface area contributed by atoms with Crippen LogP contribution in [0.2, 0.25) is 0 Å². The molecule has 0 atom stereocenters. The summed E-state index contributed by atoms with van der Waals surface area (Å²) in [5, 5.41) is 1.57. The highest BCUT2D eigenvalue weighted by Gasteiger charge is 2.21. The van der Waals surface area contributed by atoms with E-state index in [9.17, 15) is 4.79 Å². The highest BCUT2D eigenvalue weighted by molar-refractivity contribution is 5.76. The first-order valence-corrected chi connectivity index (χ1v) is 2.87. The van der Waals surface area contributed by atoms with Gasteiger partial charge in [0.25, 0.3) is 0 Å². The predicted molar refractivity (Wildman–Crippen MR) is 37.5 cm³/mol. The van der Waals surface area contributed by atoms with Gasteiger partial charge in [-0.25, -0.2) is 10.2 Å². The molecule has 0 aliphatic carbocycles. The van der Waals surface area contributed by atoms with E-state index in [1.54, 1.807) is 11.2 Å². The van der Waals surface area contributed by atoms with Crippen LogP contribution in [0.1, 0.15) is 0 Å². The lowest BCUT2D eigenvalue weighted by molar-refractivity contribution is 0.229. The van der Waals surface area contributed by atoms with E-state index in [1.165, 1.54) is 11.1 Å². The van der Waals surface area contributed by atoms with Gasteiger partial charge in [-0.05, 0) is 0 Å². The second kappa shape index (κ2) is 2.43. The van der Waals surface area contributed by atoms with Gasteiger partial charge in [-0.1, -0.05) is 13.2 Å². The Morgan fingerprint density at radius 3 is 2.50 bits per heavy atom. The van der Waals surface area contributed by atoms with Crippen LogP contribution in [-0.2, 0) is 0 Å². The van der Waals surface area contributed by atoms with E-state index in [4.69, 9.17) is 0 Å². The van der Waals surface area contributed by atoms with Gasteiger partial charge in [-0.15, -0.1) is 0 Å². The second-order valence-electron chi connectivity index (χ2n) is 1.86. The molecule has 0 aromatic heterocycles. The molecule has 1 heterocycles. The van der Waals surface area contributed by atoms with Gasteiger partial charge in [0.1, 0.15) is 6.67 Å². The van der Waals surface area contributed by atoms with Crippen LogP contribution in [0.4, 0.5) is 4.79 Å². The second-order valence-corrected chi connectivity index (χ2v) is 1.86. The number of amides is 2. The molecule has 4 nitrogen and oxygen atoms in total. The molecular weight excluding hydrogens is 130 g/mol. The van der Waals surface area contributed by atoms with Crippen molar-refractivity contribution in [2.45, 2.75) is 0 Å². The zero-order chi connectivity index (χ0) is 7.56. The lowest BCUT2D eigenvalue weighted by Gasteiger charge is -2.08. The molecule has 1 rings (SSSR count). The van der Waals surface area contributed by atoms with Gasteiger partial charge in [0.15, 0.2) is 0 Å². The molecule has 10 heavy (non-hydrogen) atoms. The van der Waals surface area contributed by atoms with Crippen LogP contribution in [0.3, 0.4) is 0 Å². The summed E-state index contributed by atoms with van der Waals surface area (Å²) in [5.41, 5.74) is 2.54. The molecule has 1 aliphatic rings. The van der Waals surface area contributed by atoms with Gasteiger partial charge >= 0.3 is 6.03 Å². The number of hydrazine groups is 1. The van der Waals surface area contributed by atoms with Gasteiger partial charge in [0.05, 0.1) is 0 Å². The van der Waals surface area contributed by atoms with Gasteiger partial charge in [0.2, 0.25) is 0 Å². The van der Waals surface area contributed by atoms with Crippen molar-refractivity contribution in [3.05, 3.63) is 25.6 Å². The molecule has 1 aliphatic heterocycles. The minimum absolute atomic E-state index is 0.171. The molecule has 0 aromatic rings. The lowest BCUT2D eigenvalue weighted by Crippen LogP contribution is -2.27. The smallest absolute Gasteiger partial charge is 0.280 e. The Morgan fingerprint density at radius 2 is 2.20 bits per heavy atom. The van der Waals surface area contributed by atoms with Crippen molar-refractivity contribution in [3.63, 3.8) is 0 Å². The van der Waals surface area contributed by atoms with Crippen molar-refractivity contribution in [2.75, 3.05) is 6.67 Å². The summed E-state index contributed by atoms with van der Waals surface area (Å²) in [7, 11) is 0. The number of nitrogens with zero attached hydrogens (tertiary/aromatic N) is 2. The van der Waals surface area contributed by atoms with E-state index < -0.39 is 0 Å². The Morgan fingerprint density at radius 1 is 1.50 bits per heavy atom. The summed E-state index contributed by atoms with van der Waals surface area (Å²) in [6.45, 7) is 7.44. The molecule has 4 heteroatoms. The van der Waals surface area contributed by atoms with Crippen LogP contribution in [0.15, 0.2) is 25.6 Å². The van der Waals surface area contributed by atoms with Gasteiger partial charge < -0.3 is 0 Å². The summed E-state index contributed by atoms with van der Waals surface area (Å²) in [4.78, 5) is 12.3. The largest absolute Gasteiger partial charge is 0.341 e. The molecule has 54 valence electrons. The van der Waals surface area contributed by atoms with Crippen molar-refractivity contribution < 1.29 is 4.79 Å². The van der Waals surface area contributed by atoms with E-state index >= 15 is 0 Å². The van der Waals surface area contributed by atoms with Crippen LogP contribution < -0.4 is 5.43 Å². The maximum absolute atomic E-state index is 10.8. The van der Waals surface area contributed by atoms with E-state index in [0.717, 1.165) is 0 Å². The maximum atomic E-state index is 10.8. The average Bonchev–Trinajstić information content (AvgIpc) is 2.30. The molecule has 2 amide bonds. The number of carbonyl (C=O) groups excluding carboxylic acids is 1. The van der Waals surface area contributed by atoms with Crippen molar-refractivity contribution in [2.24, 2.45) is 0 Å². The number of rotatable bonds is 2. The SMILES string of the molecule is C=CN1CN(C=C)C(=O)N1. The quantitative estimate of drug-likeness (QED) is 0.603. The van der Waals surface area contributed by atoms with E-state index in [1.807, 2.05) is 0 Å². The topological polar surface area (TPSA) is 35.6 Å². The Bertz CT molecular complexity index is 178. The fourth-order valence-corrected chi connectivity index (χ4v) is 0.695. The molecule has 0 radical (unpaired) electrons. The molecule has 0 spiro atoms. The molecule has 0 aromatic carbocycles. The number of nitrogens with one attached hydrogen (secondary N) is 1. The van der Waals surface area contributed by atoms with Crippen molar-refractivity contribution in [3.8, 4) is 0 Å². The van der Waals surface area contributed by atoms with E-state index in [2.05, 4.69) is 18.6 Å². The number of hydrogen-bond acceptors (Lipinski definition) is 2. The third-order valence-electron chi connectivity index (χ3n) is 1.25. The van der Waals surface area contributed by atoms with Crippen molar-refractivity contribution in [1.29, 1.82) is 0 Å². The zero-order valence-corrected chi connectivity index (χ0v) is 5.58. The number of hydrogen-bond donors (Lipinski definition) is 1. The summed E-state index contributed by atoms with van der Waals surface area (Å²) in [5.74, 6) is 0. The predicted octanol–water partition coefficient (Wildman–Crippen LogP) is 0.473. The first-order chi connectivity index (χ1) is 4.77. The molecule has 0 saturated carbocycles. The fourth-order valence-electron chi connectivity index (χ4n) is 0.695. The molecular formula is C6H9N3O. The van der Waals surface area contributed by atoms with Crippen LogP contribution in [-0.4, -0.2) is 22.6 Å². The van der Waals surface area contributed by atoms with Crippen LogP contribution in [0.5, 0.6) is 0 Å². The summed E-state index contributed by atoms with van der Waals surface area (Å²) in [6.07, 6.45) is 3.01. The zero-order valence-electron chi connectivity index (χ0n) is 5.58. The summed E-state index contributed by atoms with van der Waals surface area (Å²) >= 11 is 0. The molecule has 1 saturated heterocycles. The Labute approximate surface area is 59.4 Å². The maximum Gasteiger partial charge on any atom is 0.341 e. The first-order valence-electron chi connectivity index (χ1n) is 2.87. The summed E-state index contributed by atoms with van der Waals surface area (Å²) in [6, 6.07) is -0.171. The molecule has 0 bridgehead atoms. The highest BCUT2D eigenvalue weighted by Crippen LogP contribution is 2.01. The highest BCUT2D eigenvalue weighted by atomic mass is 16.2. The minimum Gasteiger partial charge on any atom is -0.280 e. The lowest BCUT2D eigenvalue weighted by atomic mass is 10.7. The third-order valence-corrected chi connectivity index (χ3v) is 1.25. The van der Waals surface area contributed by atoms with Crippen LogP contribution >= 0.6 is 0 Å². The first kappa shape index (κ1) is 6.67. The van der Waals surface area contributed by atoms with Gasteiger partial charge in [-0.3, -0.25) is 9.91 Å². The fraction of sp³-hybridized carbons (Fsp3) is 0.167. The van der Waals surface area contributed by atoms with E-state index in [-0.39, 0.29) is 6.03 Å².